The standard InChI is InChI=1S/C21H20F3N5O2S2/c1-29-16-7-4-12(18(30)25-8-3-9-32-2)10-15(16)26-19(29)28-20-27-14-6-5-13(11-17(14)33-20)31-21(22,23)24/h4-7,10-11H,3,8-9H2,1-2H3,(H,25,30)(H,26,27,28). The summed E-state index contributed by atoms with van der Waals surface area (Å²) in [6.45, 7) is 0.611. The fourth-order valence-corrected chi connectivity index (χ4v) is 4.55. The maximum absolute atomic E-state index is 12.5. The van der Waals surface area contributed by atoms with Crippen LogP contribution in [0.1, 0.15) is 16.8 Å². The lowest BCUT2D eigenvalue weighted by atomic mass is 10.2. The van der Waals surface area contributed by atoms with E-state index >= 15 is 0 Å². The molecule has 0 aliphatic rings. The molecule has 0 aliphatic heterocycles. The van der Waals surface area contributed by atoms with E-state index in [4.69, 9.17) is 0 Å². The molecule has 0 unspecified atom stereocenters. The zero-order valence-electron chi connectivity index (χ0n) is 17.7. The lowest BCUT2D eigenvalue weighted by molar-refractivity contribution is -0.274. The molecule has 0 atom stereocenters. The Morgan fingerprint density at radius 2 is 2.00 bits per heavy atom. The smallest absolute Gasteiger partial charge is 0.406 e. The van der Waals surface area contributed by atoms with Crippen molar-refractivity contribution in [1.82, 2.24) is 19.9 Å². The van der Waals surface area contributed by atoms with Crippen molar-refractivity contribution in [3.05, 3.63) is 42.0 Å². The third-order valence-corrected chi connectivity index (χ3v) is 6.40. The molecule has 1 amide bonds. The highest BCUT2D eigenvalue weighted by Crippen LogP contribution is 2.33. The molecule has 4 aromatic rings. The van der Waals surface area contributed by atoms with E-state index < -0.39 is 6.36 Å². The van der Waals surface area contributed by atoms with Crippen LogP contribution in [0.4, 0.5) is 24.3 Å². The van der Waals surface area contributed by atoms with E-state index in [9.17, 15) is 18.0 Å². The van der Waals surface area contributed by atoms with E-state index in [1.54, 1.807) is 23.9 Å². The van der Waals surface area contributed by atoms with Gasteiger partial charge in [0.05, 0.1) is 21.3 Å². The van der Waals surface area contributed by atoms with Crippen LogP contribution in [0.3, 0.4) is 0 Å². The van der Waals surface area contributed by atoms with Crippen LogP contribution in [0.5, 0.6) is 5.75 Å². The van der Waals surface area contributed by atoms with E-state index in [2.05, 4.69) is 25.3 Å². The summed E-state index contributed by atoms with van der Waals surface area (Å²) in [6, 6.07) is 9.29. The number of thioether (sulfide) groups is 1. The summed E-state index contributed by atoms with van der Waals surface area (Å²) in [5, 5.41) is 6.48. The van der Waals surface area contributed by atoms with Crippen LogP contribution in [0.15, 0.2) is 36.4 Å². The summed E-state index contributed by atoms with van der Waals surface area (Å²) in [5.74, 6) is 1.03. The molecule has 0 fully saturated rings. The van der Waals surface area contributed by atoms with Crippen LogP contribution in [0, 0.1) is 0 Å². The third kappa shape index (κ3) is 5.50. The van der Waals surface area contributed by atoms with Crippen molar-refractivity contribution in [1.29, 1.82) is 0 Å². The highest BCUT2D eigenvalue weighted by atomic mass is 32.2. The topological polar surface area (TPSA) is 81.1 Å². The van der Waals surface area contributed by atoms with Gasteiger partial charge in [-0.2, -0.15) is 11.8 Å². The van der Waals surface area contributed by atoms with Gasteiger partial charge < -0.3 is 19.9 Å². The number of nitrogens with zero attached hydrogens (tertiary/aromatic N) is 3. The van der Waals surface area contributed by atoms with Crippen LogP contribution in [0.2, 0.25) is 0 Å². The van der Waals surface area contributed by atoms with Crippen LogP contribution in [0.25, 0.3) is 21.3 Å². The van der Waals surface area contributed by atoms with E-state index in [0.717, 1.165) is 17.7 Å². The third-order valence-electron chi connectivity index (χ3n) is 4.77. The zero-order valence-corrected chi connectivity index (χ0v) is 19.3. The SMILES string of the molecule is CSCCCNC(=O)c1ccc2c(c1)nc(Nc1nc3ccc(OC(F)(F)F)cc3s1)n2C. The molecule has 4 rings (SSSR count). The maximum Gasteiger partial charge on any atom is 0.573 e. The van der Waals surface area contributed by atoms with E-state index in [0.29, 0.717) is 38.9 Å². The number of aryl methyl sites for hydroxylation is 1. The van der Waals surface area contributed by atoms with Gasteiger partial charge in [0, 0.05) is 25.2 Å². The van der Waals surface area contributed by atoms with E-state index in [1.807, 2.05) is 23.9 Å². The quantitative estimate of drug-likeness (QED) is 0.323. The average Bonchev–Trinajstić information content (AvgIpc) is 3.29. The minimum absolute atomic E-state index is 0.152. The number of halogens is 3. The number of ether oxygens (including phenoxy) is 1. The van der Waals surface area contributed by atoms with Gasteiger partial charge in [0.1, 0.15) is 5.75 Å². The van der Waals surface area contributed by atoms with Gasteiger partial charge in [0.25, 0.3) is 5.91 Å². The maximum atomic E-state index is 12.5. The fraction of sp³-hybridized carbons (Fsp3) is 0.286. The molecule has 2 N–H and O–H groups in total. The molecular formula is C21H20F3N5O2S2. The number of carbonyl (C=O) groups excluding carboxylic acids is 1. The number of benzene rings is 2. The average molecular weight is 496 g/mol. The molecule has 7 nitrogen and oxygen atoms in total. The summed E-state index contributed by atoms with van der Waals surface area (Å²) in [7, 11) is 1.82. The number of hydrogen-bond donors (Lipinski definition) is 2. The van der Waals surface area contributed by atoms with Crippen LogP contribution in [-0.2, 0) is 7.05 Å². The van der Waals surface area contributed by atoms with Crippen molar-refractivity contribution in [3.8, 4) is 5.75 Å². The van der Waals surface area contributed by atoms with Gasteiger partial charge in [-0.3, -0.25) is 4.79 Å². The molecule has 0 saturated carbocycles. The second kappa shape index (κ2) is 9.48. The largest absolute Gasteiger partial charge is 0.573 e. The highest BCUT2D eigenvalue weighted by molar-refractivity contribution is 7.98. The van der Waals surface area contributed by atoms with Gasteiger partial charge in [-0.05, 0) is 48.8 Å². The zero-order chi connectivity index (χ0) is 23.6. The molecule has 2 aromatic carbocycles. The normalized spacial score (nSPS) is 11.8. The Labute approximate surface area is 195 Å². The summed E-state index contributed by atoms with van der Waals surface area (Å²) >= 11 is 2.92. The fourth-order valence-electron chi connectivity index (χ4n) is 3.22. The first-order valence-electron chi connectivity index (χ1n) is 9.90. The van der Waals surface area contributed by atoms with Gasteiger partial charge in [-0.15, -0.1) is 13.2 Å². The molecule has 0 radical (unpaired) electrons. The minimum atomic E-state index is -4.75. The predicted octanol–water partition coefficient (Wildman–Crippen LogP) is 5.31. The second-order valence-corrected chi connectivity index (χ2v) is 9.14. The molecule has 2 aromatic heterocycles. The second-order valence-electron chi connectivity index (χ2n) is 7.12. The Balaban J connectivity index is 1.53. The number of carbonyl (C=O) groups is 1. The lowest BCUT2D eigenvalue weighted by Gasteiger charge is -2.07. The Hall–Kier alpha value is -2.99. The number of hydrogen-bond acceptors (Lipinski definition) is 7. The first kappa shape index (κ1) is 23.2. The molecule has 0 bridgehead atoms. The Morgan fingerprint density at radius 3 is 2.76 bits per heavy atom. The van der Waals surface area contributed by atoms with Crippen molar-refractivity contribution < 1.29 is 22.7 Å². The molecule has 2 heterocycles. The van der Waals surface area contributed by atoms with E-state index in [-0.39, 0.29) is 11.7 Å². The van der Waals surface area contributed by atoms with Crippen molar-refractivity contribution in [2.45, 2.75) is 12.8 Å². The lowest BCUT2D eigenvalue weighted by Crippen LogP contribution is -2.24. The number of alkyl halides is 3. The van der Waals surface area contributed by atoms with Crippen LogP contribution in [-0.4, -0.2) is 45.4 Å². The number of fused-ring (bicyclic) bond motifs is 2. The number of thiazole rings is 1. The monoisotopic (exact) mass is 495 g/mol. The molecule has 0 aliphatic carbocycles. The molecule has 12 heteroatoms. The summed E-state index contributed by atoms with van der Waals surface area (Å²) in [4.78, 5) is 21.4. The molecular weight excluding hydrogens is 475 g/mol. The summed E-state index contributed by atoms with van der Waals surface area (Å²) in [6.07, 6.45) is -1.83. The van der Waals surface area contributed by atoms with Crippen LogP contribution >= 0.6 is 23.1 Å². The van der Waals surface area contributed by atoms with Crippen LogP contribution < -0.4 is 15.4 Å². The Bertz CT molecular complexity index is 1300. The first-order chi connectivity index (χ1) is 15.7. The predicted molar refractivity (Wildman–Crippen MR) is 126 cm³/mol. The molecule has 174 valence electrons. The summed E-state index contributed by atoms with van der Waals surface area (Å²) < 4.78 is 43.7. The number of imidazole rings is 1. The van der Waals surface area contributed by atoms with Crippen molar-refractivity contribution in [2.75, 3.05) is 23.9 Å². The Kier molecular flexibility index (Phi) is 6.66. The molecule has 0 spiro atoms. The van der Waals surface area contributed by atoms with Gasteiger partial charge in [0.15, 0.2) is 5.13 Å². The van der Waals surface area contributed by atoms with E-state index in [1.165, 1.54) is 29.5 Å². The van der Waals surface area contributed by atoms with Crippen molar-refractivity contribution >= 4 is 61.3 Å². The van der Waals surface area contributed by atoms with Gasteiger partial charge in [-0.1, -0.05) is 11.3 Å². The minimum Gasteiger partial charge on any atom is -0.406 e. The van der Waals surface area contributed by atoms with Gasteiger partial charge >= 0.3 is 6.36 Å². The summed E-state index contributed by atoms with van der Waals surface area (Å²) in [5.41, 5.74) is 2.52. The van der Waals surface area contributed by atoms with Gasteiger partial charge in [0.2, 0.25) is 5.95 Å². The Morgan fingerprint density at radius 1 is 1.18 bits per heavy atom. The number of amides is 1. The molecule has 0 saturated heterocycles. The van der Waals surface area contributed by atoms with Gasteiger partial charge in [-0.25, -0.2) is 9.97 Å². The number of rotatable bonds is 8. The first-order valence-corrected chi connectivity index (χ1v) is 12.1. The van der Waals surface area contributed by atoms with Crippen molar-refractivity contribution in [3.63, 3.8) is 0 Å². The van der Waals surface area contributed by atoms with Crippen molar-refractivity contribution in [2.24, 2.45) is 7.05 Å². The molecule has 33 heavy (non-hydrogen) atoms. The number of anilines is 2. The number of aromatic nitrogens is 3. The number of nitrogens with one attached hydrogen (secondary N) is 2. The highest BCUT2D eigenvalue weighted by Gasteiger charge is 2.31.